The van der Waals surface area contributed by atoms with Crippen LogP contribution < -0.4 is 4.74 Å². The Morgan fingerprint density at radius 2 is 2.31 bits per heavy atom. The second kappa shape index (κ2) is 5.12. The summed E-state index contributed by atoms with van der Waals surface area (Å²) in [5, 5.41) is 10.2. The van der Waals surface area contributed by atoms with Gasteiger partial charge in [-0.15, -0.1) is 0 Å². The van der Waals surface area contributed by atoms with Gasteiger partial charge in [0.2, 0.25) is 0 Å². The third-order valence-electron chi connectivity index (χ3n) is 3.07. The first-order valence-corrected chi connectivity index (χ1v) is 5.63. The molecule has 0 radical (unpaired) electrons. The number of rotatable bonds is 3. The van der Waals surface area contributed by atoms with Crippen LogP contribution >= 0.6 is 0 Å². The SMILES string of the molecule is COc1cncc(C(O)C2CC=CCC2)c1. The molecule has 2 unspecified atom stereocenters. The van der Waals surface area contributed by atoms with E-state index in [2.05, 4.69) is 17.1 Å². The van der Waals surface area contributed by atoms with Crippen LogP contribution in [0.4, 0.5) is 0 Å². The summed E-state index contributed by atoms with van der Waals surface area (Å²) in [6.07, 6.45) is 10.3. The molecule has 1 aliphatic rings. The molecule has 1 aliphatic carbocycles. The molecule has 0 saturated carbocycles. The normalized spacial score (nSPS) is 21.8. The highest BCUT2D eigenvalue weighted by Crippen LogP contribution is 2.32. The van der Waals surface area contributed by atoms with Crippen LogP contribution in [0.2, 0.25) is 0 Å². The molecule has 0 bridgehead atoms. The lowest BCUT2D eigenvalue weighted by molar-refractivity contribution is 0.102. The second-order valence-corrected chi connectivity index (χ2v) is 4.15. The van der Waals surface area contributed by atoms with Crippen molar-refractivity contribution in [1.29, 1.82) is 0 Å². The van der Waals surface area contributed by atoms with Gasteiger partial charge in [-0.05, 0) is 31.2 Å². The molecule has 1 aromatic heterocycles. The van der Waals surface area contributed by atoms with E-state index >= 15 is 0 Å². The predicted molar refractivity (Wildman–Crippen MR) is 62.2 cm³/mol. The van der Waals surface area contributed by atoms with Gasteiger partial charge in [-0.1, -0.05) is 12.2 Å². The highest BCUT2D eigenvalue weighted by Gasteiger charge is 2.21. The van der Waals surface area contributed by atoms with Crippen LogP contribution in [0.3, 0.4) is 0 Å². The molecule has 1 heterocycles. The Morgan fingerprint density at radius 1 is 1.44 bits per heavy atom. The number of aliphatic hydroxyl groups is 1. The van der Waals surface area contributed by atoms with Crippen molar-refractivity contribution in [2.75, 3.05) is 7.11 Å². The summed E-state index contributed by atoms with van der Waals surface area (Å²) in [5.74, 6) is 1.00. The Balaban J connectivity index is 2.12. The fourth-order valence-corrected chi connectivity index (χ4v) is 2.08. The minimum Gasteiger partial charge on any atom is -0.495 e. The zero-order valence-corrected chi connectivity index (χ0v) is 9.47. The Bertz CT molecular complexity index is 376. The molecule has 0 amide bonds. The van der Waals surface area contributed by atoms with Gasteiger partial charge in [0.15, 0.2) is 0 Å². The number of aromatic nitrogens is 1. The standard InChI is InChI=1S/C13H17NO2/c1-16-12-7-11(8-14-9-12)13(15)10-5-3-2-4-6-10/h2-3,7-10,13,15H,4-6H2,1H3. The number of hydrogen-bond acceptors (Lipinski definition) is 3. The van der Waals surface area contributed by atoms with Gasteiger partial charge < -0.3 is 9.84 Å². The molecule has 3 nitrogen and oxygen atoms in total. The first-order chi connectivity index (χ1) is 7.81. The predicted octanol–water partition coefficient (Wildman–Crippen LogP) is 2.48. The van der Waals surface area contributed by atoms with Gasteiger partial charge in [-0.3, -0.25) is 4.98 Å². The second-order valence-electron chi connectivity index (χ2n) is 4.15. The van der Waals surface area contributed by atoms with Crippen molar-refractivity contribution in [3.63, 3.8) is 0 Å². The van der Waals surface area contributed by atoms with E-state index in [1.165, 1.54) is 0 Å². The van der Waals surface area contributed by atoms with Gasteiger partial charge in [0, 0.05) is 11.8 Å². The maximum atomic E-state index is 10.2. The third-order valence-corrected chi connectivity index (χ3v) is 3.07. The summed E-state index contributed by atoms with van der Waals surface area (Å²) < 4.78 is 5.10. The molecule has 1 aromatic rings. The average Bonchev–Trinajstić information content (AvgIpc) is 2.39. The summed E-state index contributed by atoms with van der Waals surface area (Å²) in [7, 11) is 1.61. The number of aliphatic hydroxyl groups excluding tert-OH is 1. The smallest absolute Gasteiger partial charge is 0.137 e. The number of allylic oxidation sites excluding steroid dienone is 2. The van der Waals surface area contributed by atoms with Gasteiger partial charge in [0.25, 0.3) is 0 Å². The molecule has 2 rings (SSSR count). The van der Waals surface area contributed by atoms with Crippen LogP contribution in [0.1, 0.15) is 30.9 Å². The molecule has 0 saturated heterocycles. The number of hydrogen-bond donors (Lipinski definition) is 1. The van der Waals surface area contributed by atoms with Crippen molar-refractivity contribution in [3.05, 3.63) is 36.2 Å². The van der Waals surface area contributed by atoms with Gasteiger partial charge >= 0.3 is 0 Å². The van der Waals surface area contributed by atoms with Crippen molar-refractivity contribution < 1.29 is 9.84 Å². The van der Waals surface area contributed by atoms with Gasteiger partial charge in [-0.2, -0.15) is 0 Å². The van der Waals surface area contributed by atoms with Crippen molar-refractivity contribution in [2.24, 2.45) is 5.92 Å². The van der Waals surface area contributed by atoms with E-state index < -0.39 is 6.10 Å². The van der Waals surface area contributed by atoms with Crippen molar-refractivity contribution >= 4 is 0 Å². The lowest BCUT2D eigenvalue weighted by Gasteiger charge is -2.23. The van der Waals surface area contributed by atoms with E-state index in [1.807, 2.05) is 6.07 Å². The van der Waals surface area contributed by atoms with E-state index in [-0.39, 0.29) is 0 Å². The number of nitrogens with zero attached hydrogens (tertiary/aromatic N) is 1. The maximum Gasteiger partial charge on any atom is 0.137 e. The van der Waals surface area contributed by atoms with Crippen molar-refractivity contribution in [2.45, 2.75) is 25.4 Å². The van der Waals surface area contributed by atoms with Crippen LogP contribution in [0.25, 0.3) is 0 Å². The maximum absolute atomic E-state index is 10.2. The zero-order valence-electron chi connectivity index (χ0n) is 9.47. The van der Waals surface area contributed by atoms with E-state index in [4.69, 9.17) is 4.74 Å². The van der Waals surface area contributed by atoms with E-state index in [9.17, 15) is 5.11 Å². The quantitative estimate of drug-likeness (QED) is 0.794. The van der Waals surface area contributed by atoms with Gasteiger partial charge in [-0.25, -0.2) is 0 Å². The molecule has 3 heteroatoms. The minimum atomic E-state index is -0.437. The van der Waals surface area contributed by atoms with E-state index in [1.54, 1.807) is 19.5 Å². The van der Waals surface area contributed by atoms with E-state index in [0.29, 0.717) is 11.7 Å². The molecule has 0 aromatic carbocycles. The molecule has 16 heavy (non-hydrogen) atoms. The minimum absolute atomic E-state index is 0.305. The highest BCUT2D eigenvalue weighted by atomic mass is 16.5. The number of pyridine rings is 1. The van der Waals surface area contributed by atoms with Crippen LogP contribution in [-0.2, 0) is 0 Å². The van der Waals surface area contributed by atoms with Crippen LogP contribution in [0, 0.1) is 5.92 Å². The topological polar surface area (TPSA) is 42.4 Å². The van der Waals surface area contributed by atoms with E-state index in [0.717, 1.165) is 24.8 Å². The molecule has 86 valence electrons. The highest BCUT2D eigenvalue weighted by molar-refractivity contribution is 5.25. The third kappa shape index (κ3) is 2.42. The average molecular weight is 219 g/mol. The molecule has 2 atom stereocenters. The first-order valence-electron chi connectivity index (χ1n) is 5.63. The molecule has 0 spiro atoms. The summed E-state index contributed by atoms with van der Waals surface area (Å²) >= 11 is 0. The summed E-state index contributed by atoms with van der Waals surface area (Å²) in [6.45, 7) is 0. The summed E-state index contributed by atoms with van der Waals surface area (Å²) in [5.41, 5.74) is 0.847. The van der Waals surface area contributed by atoms with Crippen molar-refractivity contribution in [3.8, 4) is 5.75 Å². The lowest BCUT2D eigenvalue weighted by Crippen LogP contribution is -2.14. The largest absolute Gasteiger partial charge is 0.495 e. The Morgan fingerprint density at radius 3 is 3.00 bits per heavy atom. The molecule has 1 N–H and O–H groups in total. The monoisotopic (exact) mass is 219 g/mol. The molecular formula is C13H17NO2. The Kier molecular flexibility index (Phi) is 3.57. The van der Waals surface area contributed by atoms with Crippen LogP contribution in [0.15, 0.2) is 30.6 Å². The van der Waals surface area contributed by atoms with Crippen LogP contribution in [-0.4, -0.2) is 17.2 Å². The fraction of sp³-hybridized carbons (Fsp3) is 0.462. The van der Waals surface area contributed by atoms with Crippen LogP contribution in [0.5, 0.6) is 5.75 Å². The fourth-order valence-electron chi connectivity index (χ4n) is 2.08. The number of methoxy groups -OCH3 is 1. The summed E-state index contributed by atoms with van der Waals surface area (Å²) in [6, 6.07) is 1.86. The Labute approximate surface area is 95.8 Å². The zero-order chi connectivity index (χ0) is 11.4. The Hall–Kier alpha value is -1.35. The first kappa shape index (κ1) is 11.1. The lowest BCUT2D eigenvalue weighted by atomic mass is 9.86. The number of ether oxygens (including phenoxy) is 1. The summed E-state index contributed by atoms with van der Waals surface area (Å²) in [4.78, 5) is 4.07. The molecular weight excluding hydrogens is 202 g/mol. The van der Waals surface area contributed by atoms with Crippen molar-refractivity contribution in [1.82, 2.24) is 4.98 Å². The van der Waals surface area contributed by atoms with Gasteiger partial charge in [0.1, 0.15) is 5.75 Å². The van der Waals surface area contributed by atoms with Gasteiger partial charge in [0.05, 0.1) is 19.4 Å². The molecule has 0 aliphatic heterocycles. The molecule has 0 fully saturated rings.